The molecule has 0 N–H and O–H groups in total. The molecule has 1 heterocycles. The number of rotatable bonds is 3. The quantitative estimate of drug-likeness (QED) is 0.377. The van der Waals surface area contributed by atoms with Gasteiger partial charge in [0.15, 0.2) is 5.78 Å². The smallest absolute Gasteiger partial charge is 0.269 e. The summed E-state index contributed by atoms with van der Waals surface area (Å²) >= 11 is 0. The molecule has 5 rings (SSSR count). The van der Waals surface area contributed by atoms with E-state index in [9.17, 15) is 19.7 Å². The van der Waals surface area contributed by atoms with Crippen LogP contribution in [0.3, 0.4) is 0 Å². The van der Waals surface area contributed by atoms with E-state index >= 15 is 0 Å². The summed E-state index contributed by atoms with van der Waals surface area (Å²) in [5.74, 6) is -0.127. The fraction of sp³-hybridized carbons (Fsp3) is 0.167. The molecule has 0 bridgehead atoms. The molecule has 3 aromatic rings. The highest BCUT2D eigenvalue weighted by Gasteiger charge is 2.29. The number of amides is 1. The summed E-state index contributed by atoms with van der Waals surface area (Å²) in [6.07, 6.45) is 0. The van der Waals surface area contributed by atoms with E-state index in [0.29, 0.717) is 42.9 Å². The minimum absolute atomic E-state index is 0.0387. The van der Waals surface area contributed by atoms with E-state index in [1.807, 2.05) is 30.3 Å². The normalized spacial score (nSPS) is 14.9. The van der Waals surface area contributed by atoms with Crippen molar-refractivity contribution >= 4 is 23.1 Å². The number of nitro groups is 1. The van der Waals surface area contributed by atoms with Crippen molar-refractivity contribution in [1.82, 2.24) is 4.90 Å². The van der Waals surface area contributed by atoms with Crippen LogP contribution in [0.4, 0.5) is 11.4 Å². The van der Waals surface area contributed by atoms with Gasteiger partial charge < -0.3 is 9.80 Å². The Kier molecular flexibility index (Phi) is 4.51. The first-order valence-corrected chi connectivity index (χ1v) is 10.1. The summed E-state index contributed by atoms with van der Waals surface area (Å²) in [5.41, 5.74) is 4.53. The van der Waals surface area contributed by atoms with Crippen LogP contribution in [0.5, 0.6) is 0 Å². The highest BCUT2D eigenvalue weighted by molar-refractivity contribution is 6.22. The van der Waals surface area contributed by atoms with Gasteiger partial charge in [0, 0.05) is 60.7 Å². The summed E-state index contributed by atoms with van der Waals surface area (Å²) in [6, 6.07) is 19.3. The lowest BCUT2D eigenvalue weighted by atomic mass is 10.0. The van der Waals surface area contributed by atoms with Crippen molar-refractivity contribution in [3.05, 3.63) is 93.5 Å². The van der Waals surface area contributed by atoms with Gasteiger partial charge in [-0.3, -0.25) is 19.7 Å². The summed E-state index contributed by atoms with van der Waals surface area (Å²) in [5, 5.41) is 10.8. The fourth-order valence-corrected chi connectivity index (χ4v) is 4.30. The number of carbonyl (C=O) groups excluding carboxylic acids is 2. The zero-order valence-corrected chi connectivity index (χ0v) is 16.7. The van der Waals surface area contributed by atoms with Crippen LogP contribution in [0.25, 0.3) is 11.1 Å². The van der Waals surface area contributed by atoms with Gasteiger partial charge in [-0.05, 0) is 35.4 Å². The molecule has 7 nitrogen and oxygen atoms in total. The van der Waals surface area contributed by atoms with Crippen LogP contribution in [-0.4, -0.2) is 47.7 Å². The Hall–Kier alpha value is -4.00. The third-order valence-corrected chi connectivity index (χ3v) is 5.97. The average Bonchev–Trinajstić information content (AvgIpc) is 3.10. The lowest BCUT2D eigenvalue weighted by molar-refractivity contribution is -0.384. The molecule has 0 unspecified atom stereocenters. The molecule has 1 fully saturated rings. The third-order valence-electron chi connectivity index (χ3n) is 5.97. The Labute approximate surface area is 178 Å². The molecule has 0 atom stereocenters. The van der Waals surface area contributed by atoms with Gasteiger partial charge in [-0.15, -0.1) is 0 Å². The zero-order valence-electron chi connectivity index (χ0n) is 16.7. The first kappa shape index (κ1) is 19.0. The van der Waals surface area contributed by atoms with Gasteiger partial charge in [-0.25, -0.2) is 0 Å². The molecule has 31 heavy (non-hydrogen) atoms. The Morgan fingerprint density at radius 2 is 1.45 bits per heavy atom. The number of nitro benzene ring substituents is 1. The first-order valence-electron chi connectivity index (χ1n) is 10.1. The molecule has 0 aromatic heterocycles. The molecule has 2 aliphatic rings. The SMILES string of the molecule is O=C1c2ccccc2-c2ccc(C(=O)N3CCN(c4ccc([N+](=O)[O-])cc4)CC3)cc21. The third kappa shape index (κ3) is 3.24. The van der Waals surface area contributed by atoms with E-state index < -0.39 is 4.92 Å². The minimum Gasteiger partial charge on any atom is -0.368 e. The number of carbonyl (C=O) groups is 2. The van der Waals surface area contributed by atoms with Crippen LogP contribution >= 0.6 is 0 Å². The number of non-ortho nitro benzene ring substituents is 1. The van der Waals surface area contributed by atoms with Gasteiger partial charge in [0.2, 0.25) is 0 Å². The molecular formula is C24H19N3O4. The Morgan fingerprint density at radius 1 is 0.806 bits per heavy atom. The number of benzene rings is 3. The minimum atomic E-state index is -0.416. The molecule has 1 aliphatic carbocycles. The Balaban J connectivity index is 1.29. The van der Waals surface area contributed by atoms with Crippen LogP contribution in [-0.2, 0) is 0 Å². The predicted molar refractivity (Wildman–Crippen MR) is 117 cm³/mol. The zero-order chi connectivity index (χ0) is 21.5. The Morgan fingerprint density at radius 3 is 2.13 bits per heavy atom. The topological polar surface area (TPSA) is 83.8 Å². The number of anilines is 1. The van der Waals surface area contributed by atoms with Crippen molar-refractivity contribution in [1.29, 1.82) is 0 Å². The second kappa shape index (κ2) is 7.36. The van der Waals surface area contributed by atoms with Crippen molar-refractivity contribution in [2.45, 2.75) is 0 Å². The number of ketones is 1. The van der Waals surface area contributed by atoms with E-state index in [1.165, 1.54) is 12.1 Å². The second-order valence-electron chi connectivity index (χ2n) is 7.69. The highest BCUT2D eigenvalue weighted by Crippen LogP contribution is 2.37. The van der Waals surface area contributed by atoms with E-state index in [0.717, 1.165) is 16.8 Å². The van der Waals surface area contributed by atoms with Crippen molar-refractivity contribution in [2.24, 2.45) is 0 Å². The van der Waals surface area contributed by atoms with Crippen molar-refractivity contribution in [2.75, 3.05) is 31.1 Å². The summed E-state index contributed by atoms with van der Waals surface area (Å²) in [7, 11) is 0. The molecular weight excluding hydrogens is 394 g/mol. The molecule has 154 valence electrons. The standard InChI is InChI=1S/C24H19N3O4/c28-23-21-4-2-1-3-19(21)20-10-5-16(15-22(20)23)24(29)26-13-11-25(12-14-26)17-6-8-18(9-7-17)27(30)31/h1-10,15H,11-14H2. The number of nitrogens with zero attached hydrogens (tertiary/aromatic N) is 3. The van der Waals surface area contributed by atoms with Crippen LogP contribution in [0, 0.1) is 10.1 Å². The van der Waals surface area contributed by atoms with Crippen LogP contribution < -0.4 is 4.90 Å². The second-order valence-corrected chi connectivity index (χ2v) is 7.69. The maximum Gasteiger partial charge on any atom is 0.269 e. The molecule has 0 spiro atoms. The van der Waals surface area contributed by atoms with Crippen molar-refractivity contribution < 1.29 is 14.5 Å². The van der Waals surface area contributed by atoms with Crippen molar-refractivity contribution in [3.63, 3.8) is 0 Å². The van der Waals surface area contributed by atoms with Gasteiger partial charge in [0.1, 0.15) is 0 Å². The molecule has 7 heteroatoms. The van der Waals surface area contributed by atoms with E-state index in [1.54, 1.807) is 29.2 Å². The van der Waals surface area contributed by atoms with E-state index in [4.69, 9.17) is 0 Å². The number of hydrogen-bond donors (Lipinski definition) is 0. The number of fused-ring (bicyclic) bond motifs is 3. The van der Waals surface area contributed by atoms with Gasteiger partial charge in [0.25, 0.3) is 11.6 Å². The van der Waals surface area contributed by atoms with E-state index in [2.05, 4.69) is 4.90 Å². The number of piperazine rings is 1. The summed E-state index contributed by atoms with van der Waals surface area (Å²) in [4.78, 5) is 40.1. The summed E-state index contributed by atoms with van der Waals surface area (Å²) < 4.78 is 0. The highest BCUT2D eigenvalue weighted by atomic mass is 16.6. The largest absolute Gasteiger partial charge is 0.368 e. The summed E-state index contributed by atoms with van der Waals surface area (Å²) in [6.45, 7) is 2.36. The molecule has 0 radical (unpaired) electrons. The van der Waals surface area contributed by atoms with Gasteiger partial charge in [0.05, 0.1) is 4.92 Å². The monoisotopic (exact) mass is 413 g/mol. The van der Waals surface area contributed by atoms with Crippen LogP contribution in [0.2, 0.25) is 0 Å². The van der Waals surface area contributed by atoms with Gasteiger partial charge in [-0.2, -0.15) is 0 Å². The van der Waals surface area contributed by atoms with Crippen molar-refractivity contribution in [3.8, 4) is 11.1 Å². The maximum atomic E-state index is 13.1. The first-order chi connectivity index (χ1) is 15.0. The molecule has 1 amide bonds. The number of hydrogen-bond acceptors (Lipinski definition) is 5. The Bertz CT molecular complexity index is 1210. The van der Waals surface area contributed by atoms with Crippen LogP contribution in [0.1, 0.15) is 26.3 Å². The molecule has 1 saturated heterocycles. The lowest BCUT2D eigenvalue weighted by Gasteiger charge is -2.36. The fourth-order valence-electron chi connectivity index (χ4n) is 4.30. The predicted octanol–water partition coefficient (Wildman–Crippen LogP) is 3.77. The maximum absolute atomic E-state index is 13.1. The lowest BCUT2D eigenvalue weighted by Crippen LogP contribution is -2.48. The molecule has 0 saturated carbocycles. The van der Waals surface area contributed by atoms with Gasteiger partial charge >= 0.3 is 0 Å². The van der Waals surface area contributed by atoms with Gasteiger partial charge in [-0.1, -0.05) is 30.3 Å². The van der Waals surface area contributed by atoms with Crippen LogP contribution in [0.15, 0.2) is 66.7 Å². The average molecular weight is 413 g/mol. The molecule has 3 aromatic carbocycles. The van der Waals surface area contributed by atoms with E-state index in [-0.39, 0.29) is 17.4 Å². The molecule has 1 aliphatic heterocycles.